The van der Waals surface area contributed by atoms with Crippen molar-refractivity contribution in [3.05, 3.63) is 39.9 Å². The Morgan fingerprint density at radius 3 is 2.90 bits per heavy atom. The predicted molar refractivity (Wildman–Crippen MR) is 121 cm³/mol. The molecule has 1 atom stereocenters. The van der Waals surface area contributed by atoms with Gasteiger partial charge in [-0.2, -0.15) is 0 Å². The van der Waals surface area contributed by atoms with E-state index in [1.807, 2.05) is 4.90 Å². The fraction of sp³-hybridized carbons (Fsp3) is 0.476. The molecule has 1 aromatic carbocycles. The highest BCUT2D eigenvalue weighted by atomic mass is 35.5. The number of ether oxygens (including phenoxy) is 1. The quantitative estimate of drug-likeness (QED) is 0.651. The second kappa shape index (κ2) is 9.95. The number of likely N-dealkylation sites (tertiary alicyclic amines) is 1. The van der Waals surface area contributed by atoms with Crippen LogP contribution in [-0.2, 0) is 4.79 Å². The molecule has 2 N–H and O–H groups in total. The van der Waals surface area contributed by atoms with E-state index in [0.29, 0.717) is 46.0 Å². The fourth-order valence-electron chi connectivity index (χ4n) is 3.45. The number of β-amino-alcohol motifs (C(OH)–C–C–N with tert-alkyl or cyclic N) is 1. The average molecular weight is 467 g/mol. The summed E-state index contributed by atoms with van der Waals surface area (Å²) >= 11 is 7.13. The van der Waals surface area contributed by atoms with Gasteiger partial charge in [0, 0.05) is 25.7 Å². The van der Waals surface area contributed by atoms with E-state index in [1.54, 1.807) is 45.3 Å². The molecule has 1 fully saturated rings. The van der Waals surface area contributed by atoms with Crippen molar-refractivity contribution in [2.45, 2.75) is 25.4 Å². The van der Waals surface area contributed by atoms with Gasteiger partial charge in [-0.05, 0) is 44.5 Å². The maximum absolute atomic E-state index is 12.5. The van der Waals surface area contributed by atoms with Crippen LogP contribution in [0.2, 0.25) is 5.02 Å². The number of halogens is 1. The molecule has 2 amide bonds. The highest BCUT2D eigenvalue weighted by molar-refractivity contribution is 7.17. The topological polar surface area (TPSA) is 95.0 Å². The minimum atomic E-state index is -1.05. The first-order valence-electron chi connectivity index (χ1n) is 9.97. The summed E-state index contributed by atoms with van der Waals surface area (Å²) in [7, 11) is 3.35. The monoisotopic (exact) mass is 466 g/mol. The number of nitrogens with one attached hydrogen (secondary N) is 1. The van der Waals surface area contributed by atoms with E-state index in [1.165, 1.54) is 4.90 Å². The lowest BCUT2D eigenvalue weighted by atomic mass is 9.93. The van der Waals surface area contributed by atoms with Crippen LogP contribution < -0.4 is 10.1 Å². The van der Waals surface area contributed by atoms with Gasteiger partial charge in [-0.25, -0.2) is 4.98 Å². The lowest BCUT2D eigenvalue weighted by Gasteiger charge is -2.38. The summed E-state index contributed by atoms with van der Waals surface area (Å²) in [6.07, 6.45) is 1.34. The largest absolute Gasteiger partial charge is 0.490 e. The molecule has 31 heavy (non-hydrogen) atoms. The van der Waals surface area contributed by atoms with Gasteiger partial charge < -0.3 is 20.1 Å². The summed E-state index contributed by atoms with van der Waals surface area (Å²) in [5.74, 6) is 0.215. The van der Waals surface area contributed by atoms with Gasteiger partial charge in [-0.1, -0.05) is 29.0 Å². The number of carbonyl (C=O) groups excluding carboxylic acids is 2. The fourth-order valence-corrected chi connectivity index (χ4v) is 4.63. The number of aromatic nitrogens is 1. The normalized spacial score (nSPS) is 19.1. The third-order valence-electron chi connectivity index (χ3n) is 4.95. The van der Waals surface area contributed by atoms with E-state index < -0.39 is 5.60 Å². The number of hydrogen-bond acceptors (Lipinski definition) is 7. The Labute approximate surface area is 190 Å². The van der Waals surface area contributed by atoms with E-state index >= 15 is 0 Å². The average Bonchev–Trinajstić information content (AvgIpc) is 3.05. The molecule has 0 spiro atoms. The Morgan fingerprint density at radius 1 is 1.42 bits per heavy atom. The lowest BCUT2D eigenvalue weighted by molar-refractivity contribution is -0.119. The minimum Gasteiger partial charge on any atom is -0.490 e. The molecule has 8 nitrogen and oxygen atoms in total. The highest BCUT2D eigenvalue weighted by Crippen LogP contribution is 2.26. The summed E-state index contributed by atoms with van der Waals surface area (Å²) in [5.41, 5.74) is -0.464. The van der Waals surface area contributed by atoms with Crippen LogP contribution in [0.15, 0.2) is 24.3 Å². The van der Waals surface area contributed by atoms with Crippen LogP contribution in [-0.4, -0.2) is 77.6 Å². The molecule has 1 saturated heterocycles. The number of amides is 2. The Balaban J connectivity index is 1.54. The van der Waals surface area contributed by atoms with Crippen molar-refractivity contribution in [2.75, 3.05) is 45.7 Å². The van der Waals surface area contributed by atoms with Crippen molar-refractivity contribution in [3.8, 4) is 5.75 Å². The first kappa shape index (κ1) is 23.5. The summed E-state index contributed by atoms with van der Waals surface area (Å²) in [5, 5.41) is 14.7. The van der Waals surface area contributed by atoms with Crippen molar-refractivity contribution in [1.82, 2.24) is 14.8 Å². The molecular weight excluding hydrogens is 440 g/mol. The number of benzene rings is 1. The second-order valence-electron chi connectivity index (χ2n) is 7.97. The van der Waals surface area contributed by atoms with Crippen molar-refractivity contribution in [1.29, 1.82) is 0 Å². The summed E-state index contributed by atoms with van der Waals surface area (Å²) in [6.45, 7) is 3.01. The molecule has 1 aliphatic rings. The van der Waals surface area contributed by atoms with E-state index in [9.17, 15) is 14.7 Å². The van der Waals surface area contributed by atoms with E-state index in [4.69, 9.17) is 16.3 Å². The number of nitrogens with zero attached hydrogens (tertiary/aromatic N) is 3. The molecule has 1 aliphatic heterocycles. The smallest absolute Gasteiger partial charge is 0.265 e. The molecule has 0 aliphatic carbocycles. The Morgan fingerprint density at radius 2 is 2.19 bits per heavy atom. The van der Waals surface area contributed by atoms with Crippen molar-refractivity contribution < 1.29 is 19.4 Å². The van der Waals surface area contributed by atoms with Crippen LogP contribution >= 0.6 is 22.9 Å². The zero-order valence-corrected chi connectivity index (χ0v) is 19.4. The van der Waals surface area contributed by atoms with Crippen LogP contribution in [0.25, 0.3) is 0 Å². The lowest BCUT2D eigenvalue weighted by Crippen LogP contribution is -2.53. The number of aryl methyl sites for hydroxylation is 1. The number of thiazole rings is 1. The number of aliphatic hydroxyl groups is 1. The van der Waals surface area contributed by atoms with Crippen molar-refractivity contribution >= 4 is 39.9 Å². The number of carbonyl (C=O) groups is 2. The molecule has 10 heteroatoms. The van der Waals surface area contributed by atoms with Gasteiger partial charge >= 0.3 is 0 Å². The molecule has 0 radical (unpaired) electrons. The molecule has 0 bridgehead atoms. The molecule has 1 aromatic heterocycles. The summed E-state index contributed by atoms with van der Waals surface area (Å²) in [6, 6.07) is 7.03. The zero-order valence-electron chi connectivity index (χ0n) is 17.9. The minimum absolute atomic E-state index is 0.118. The van der Waals surface area contributed by atoms with Crippen LogP contribution in [0.5, 0.6) is 5.75 Å². The third-order valence-corrected chi connectivity index (χ3v) is 6.24. The number of anilines is 1. The number of piperidine rings is 1. The summed E-state index contributed by atoms with van der Waals surface area (Å²) in [4.78, 5) is 32.9. The van der Waals surface area contributed by atoms with Crippen LogP contribution in [0.1, 0.15) is 28.2 Å². The first-order valence-corrected chi connectivity index (χ1v) is 11.2. The van der Waals surface area contributed by atoms with Crippen LogP contribution in [0, 0.1) is 6.92 Å². The van der Waals surface area contributed by atoms with Crippen molar-refractivity contribution in [3.63, 3.8) is 0 Å². The van der Waals surface area contributed by atoms with E-state index in [-0.39, 0.29) is 25.0 Å². The van der Waals surface area contributed by atoms with E-state index in [0.717, 1.165) is 17.8 Å². The standard InChI is InChI=1S/C21H27ClN4O4S/c1-14-18(19(28)25(2)3)31-20(23-14)24-17(27)11-26-9-5-8-21(29,12-26)13-30-16-7-4-6-15(22)10-16/h4,6-7,10,29H,5,8-9,11-13H2,1-3H3,(H,23,24,27). The Kier molecular flexibility index (Phi) is 7.53. The van der Waals surface area contributed by atoms with Gasteiger partial charge in [0.05, 0.1) is 12.2 Å². The highest BCUT2D eigenvalue weighted by Gasteiger charge is 2.35. The first-order chi connectivity index (χ1) is 14.6. The van der Waals surface area contributed by atoms with Gasteiger partial charge in [0.15, 0.2) is 5.13 Å². The SMILES string of the molecule is Cc1nc(NC(=O)CN2CCCC(O)(COc3cccc(Cl)c3)C2)sc1C(=O)N(C)C. The number of hydrogen-bond donors (Lipinski definition) is 2. The second-order valence-corrected chi connectivity index (χ2v) is 9.40. The molecule has 2 heterocycles. The molecular formula is C21H27ClN4O4S. The molecule has 168 valence electrons. The van der Waals surface area contributed by atoms with Gasteiger partial charge in [0.1, 0.15) is 22.8 Å². The maximum Gasteiger partial charge on any atom is 0.265 e. The Hall–Kier alpha value is -2.20. The van der Waals surface area contributed by atoms with Crippen molar-refractivity contribution in [2.24, 2.45) is 0 Å². The molecule has 3 rings (SSSR count). The molecule has 1 unspecified atom stereocenters. The van der Waals surface area contributed by atoms with Crippen LogP contribution in [0.4, 0.5) is 5.13 Å². The third kappa shape index (κ3) is 6.39. The summed E-state index contributed by atoms with van der Waals surface area (Å²) < 4.78 is 5.73. The van der Waals surface area contributed by atoms with E-state index in [2.05, 4.69) is 10.3 Å². The molecule has 0 saturated carbocycles. The van der Waals surface area contributed by atoms with Gasteiger partial charge in [-0.3, -0.25) is 14.5 Å². The van der Waals surface area contributed by atoms with Crippen LogP contribution in [0.3, 0.4) is 0 Å². The zero-order chi connectivity index (χ0) is 22.6. The predicted octanol–water partition coefficient (Wildman–Crippen LogP) is 2.65. The molecule has 2 aromatic rings. The van der Waals surface area contributed by atoms with Gasteiger partial charge in [0.25, 0.3) is 5.91 Å². The number of rotatable bonds is 7. The van der Waals surface area contributed by atoms with Gasteiger partial charge in [-0.15, -0.1) is 0 Å². The van der Waals surface area contributed by atoms with Gasteiger partial charge in [0.2, 0.25) is 5.91 Å². The maximum atomic E-state index is 12.5. The Bertz CT molecular complexity index is 951.